The molecule has 0 spiro atoms. The zero-order chi connectivity index (χ0) is 9.97. The van der Waals surface area contributed by atoms with Crippen LogP contribution >= 0.6 is 23.4 Å². The van der Waals surface area contributed by atoms with Crippen LogP contribution in [0.25, 0.3) is 0 Å². The number of aromatic nitrogens is 2. The molecule has 0 saturated carbocycles. The van der Waals surface area contributed by atoms with Crippen molar-refractivity contribution in [3.8, 4) is 0 Å². The van der Waals surface area contributed by atoms with Crippen LogP contribution in [0.4, 0.5) is 5.82 Å². The molecule has 0 amide bonds. The van der Waals surface area contributed by atoms with Gasteiger partial charge in [-0.1, -0.05) is 18.5 Å². The first-order valence-corrected chi connectivity index (χ1v) is 6.04. The Morgan fingerprint density at radius 1 is 1.50 bits per heavy atom. The minimum Gasteiger partial charge on any atom is -0.365 e. The van der Waals surface area contributed by atoms with Crippen LogP contribution in [0.3, 0.4) is 0 Å². The van der Waals surface area contributed by atoms with Gasteiger partial charge in [-0.25, -0.2) is 0 Å². The summed E-state index contributed by atoms with van der Waals surface area (Å²) in [5.41, 5.74) is 0. The second kappa shape index (κ2) is 4.36. The number of anilines is 1. The predicted molar refractivity (Wildman–Crippen MR) is 61.0 cm³/mol. The van der Waals surface area contributed by atoms with Crippen LogP contribution in [0, 0.1) is 0 Å². The molecule has 3 nitrogen and oxygen atoms in total. The van der Waals surface area contributed by atoms with Crippen molar-refractivity contribution in [2.24, 2.45) is 0 Å². The van der Waals surface area contributed by atoms with E-state index in [0.717, 1.165) is 16.8 Å². The topological polar surface area (TPSA) is 37.8 Å². The molecule has 1 aliphatic rings. The van der Waals surface area contributed by atoms with Gasteiger partial charge < -0.3 is 5.32 Å². The Labute approximate surface area is 92.6 Å². The first-order chi connectivity index (χ1) is 6.74. The molecule has 0 aliphatic carbocycles. The van der Waals surface area contributed by atoms with E-state index < -0.39 is 0 Å². The van der Waals surface area contributed by atoms with E-state index in [1.807, 2.05) is 17.8 Å². The van der Waals surface area contributed by atoms with Crippen molar-refractivity contribution >= 4 is 29.2 Å². The Balaban J connectivity index is 1.94. The average Bonchev–Trinajstić information content (AvgIpc) is 2.56. The summed E-state index contributed by atoms with van der Waals surface area (Å²) < 4.78 is 0. The molecule has 1 saturated heterocycles. The lowest BCUT2D eigenvalue weighted by atomic mass is 10.2. The van der Waals surface area contributed by atoms with Crippen molar-refractivity contribution in [3.05, 3.63) is 17.3 Å². The Morgan fingerprint density at radius 2 is 2.36 bits per heavy atom. The van der Waals surface area contributed by atoms with Gasteiger partial charge in [0.15, 0.2) is 5.15 Å². The molecule has 14 heavy (non-hydrogen) atoms. The summed E-state index contributed by atoms with van der Waals surface area (Å²) >= 11 is 7.64. The van der Waals surface area contributed by atoms with Gasteiger partial charge in [0.25, 0.3) is 0 Å². The molecule has 2 rings (SSSR count). The molecule has 1 aliphatic heterocycles. The van der Waals surface area contributed by atoms with Gasteiger partial charge in [-0.2, -0.15) is 11.8 Å². The number of halogens is 1. The van der Waals surface area contributed by atoms with Crippen molar-refractivity contribution in [1.29, 1.82) is 0 Å². The predicted octanol–water partition coefficient (Wildman–Crippen LogP) is 2.44. The Hall–Kier alpha value is -0.480. The minimum atomic E-state index is 0.435. The van der Waals surface area contributed by atoms with Gasteiger partial charge in [-0.05, 0) is 18.6 Å². The lowest BCUT2D eigenvalue weighted by Gasteiger charge is -2.11. The molecule has 1 aromatic rings. The second-order valence-corrected chi connectivity index (χ2v) is 5.32. The number of nitrogens with zero attached hydrogens (tertiary/aromatic N) is 2. The third-order valence-corrected chi connectivity index (χ3v) is 3.74. The fraction of sp³-hybridized carbons (Fsp3) is 0.556. The van der Waals surface area contributed by atoms with Crippen LogP contribution in [-0.4, -0.2) is 27.2 Å². The van der Waals surface area contributed by atoms with E-state index in [4.69, 9.17) is 11.6 Å². The standard InChI is InChI=1S/C9H12ClN3S/c1-6-4-7(5-14-6)11-9-3-2-8(10)12-13-9/h2-3,6-7H,4-5H2,1H3,(H,11,13). The molecular weight excluding hydrogens is 218 g/mol. The first-order valence-electron chi connectivity index (χ1n) is 4.61. The fourth-order valence-corrected chi connectivity index (χ4v) is 2.77. The summed E-state index contributed by atoms with van der Waals surface area (Å²) in [6, 6.07) is 4.14. The number of hydrogen-bond donors (Lipinski definition) is 1. The molecule has 76 valence electrons. The molecule has 0 bridgehead atoms. The smallest absolute Gasteiger partial charge is 0.151 e. The highest BCUT2D eigenvalue weighted by molar-refractivity contribution is 8.00. The zero-order valence-electron chi connectivity index (χ0n) is 7.90. The lowest BCUT2D eigenvalue weighted by Crippen LogP contribution is -2.19. The first kappa shape index (κ1) is 10.1. The van der Waals surface area contributed by atoms with E-state index in [9.17, 15) is 0 Å². The highest BCUT2D eigenvalue weighted by Crippen LogP contribution is 2.27. The van der Waals surface area contributed by atoms with Crippen LogP contribution < -0.4 is 5.32 Å². The summed E-state index contributed by atoms with van der Waals surface area (Å²) in [4.78, 5) is 0. The lowest BCUT2D eigenvalue weighted by molar-refractivity contribution is 0.740. The van der Waals surface area contributed by atoms with Gasteiger partial charge in [0, 0.05) is 17.0 Å². The van der Waals surface area contributed by atoms with Crippen LogP contribution in [0.5, 0.6) is 0 Å². The van der Waals surface area contributed by atoms with Crippen molar-refractivity contribution in [3.63, 3.8) is 0 Å². The summed E-state index contributed by atoms with van der Waals surface area (Å²) in [7, 11) is 0. The Morgan fingerprint density at radius 3 is 2.93 bits per heavy atom. The van der Waals surface area contributed by atoms with Gasteiger partial charge in [0.1, 0.15) is 5.82 Å². The third kappa shape index (κ3) is 2.51. The molecule has 1 fully saturated rings. The van der Waals surface area contributed by atoms with Crippen molar-refractivity contribution in [2.45, 2.75) is 24.6 Å². The third-order valence-electron chi connectivity index (χ3n) is 2.18. The number of rotatable bonds is 2. The van der Waals surface area contributed by atoms with E-state index in [0.29, 0.717) is 11.2 Å². The Bertz CT molecular complexity index is 303. The van der Waals surface area contributed by atoms with Gasteiger partial charge in [-0.3, -0.25) is 0 Å². The fourth-order valence-electron chi connectivity index (χ4n) is 1.52. The average molecular weight is 230 g/mol. The van der Waals surface area contributed by atoms with Crippen molar-refractivity contribution in [2.75, 3.05) is 11.1 Å². The maximum atomic E-state index is 5.65. The molecule has 2 heterocycles. The van der Waals surface area contributed by atoms with E-state index in [1.165, 1.54) is 6.42 Å². The maximum Gasteiger partial charge on any atom is 0.151 e. The summed E-state index contributed by atoms with van der Waals surface area (Å²) in [6.07, 6.45) is 1.19. The molecule has 0 aromatic carbocycles. The summed E-state index contributed by atoms with van der Waals surface area (Å²) in [5.74, 6) is 1.96. The Kier molecular flexibility index (Phi) is 3.13. The normalized spacial score (nSPS) is 26.4. The van der Waals surface area contributed by atoms with Gasteiger partial charge in [0.05, 0.1) is 0 Å². The van der Waals surface area contributed by atoms with E-state index >= 15 is 0 Å². The van der Waals surface area contributed by atoms with Gasteiger partial charge in [0.2, 0.25) is 0 Å². The number of hydrogen-bond acceptors (Lipinski definition) is 4. The SMILES string of the molecule is CC1CC(Nc2ccc(Cl)nn2)CS1. The van der Waals surface area contributed by atoms with Crippen molar-refractivity contribution < 1.29 is 0 Å². The van der Waals surface area contributed by atoms with E-state index in [1.54, 1.807) is 6.07 Å². The monoisotopic (exact) mass is 229 g/mol. The summed E-state index contributed by atoms with van der Waals surface area (Å²) in [6.45, 7) is 2.25. The highest BCUT2D eigenvalue weighted by atomic mass is 35.5. The molecule has 2 unspecified atom stereocenters. The van der Waals surface area contributed by atoms with E-state index in [-0.39, 0.29) is 0 Å². The van der Waals surface area contributed by atoms with Crippen LogP contribution in [0.15, 0.2) is 12.1 Å². The highest BCUT2D eigenvalue weighted by Gasteiger charge is 2.21. The molecule has 0 radical (unpaired) electrons. The van der Waals surface area contributed by atoms with Crippen LogP contribution in [-0.2, 0) is 0 Å². The second-order valence-electron chi connectivity index (χ2n) is 3.46. The van der Waals surface area contributed by atoms with E-state index in [2.05, 4.69) is 22.4 Å². The minimum absolute atomic E-state index is 0.435. The van der Waals surface area contributed by atoms with Crippen LogP contribution in [0.2, 0.25) is 5.15 Å². The molecule has 5 heteroatoms. The van der Waals surface area contributed by atoms with Gasteiger partial charge >= 0.3 is 0 Å². The largest absolute Gasteiger partial charge is 0.365 e. The number of nitrogens with one attached hydrogen (secondary N) is 1. The van der Waals surface area contributed by atoms with Gasteiger partial charge in [-0.15, -0.1) is 10.2 Å². The molecule has 1 N–H and O–H groups in total. The maximum absolute atomic E-state index is 5.65. The molecule has 2 atom stereocenters. The zero-order valence-corrected chi connectivity index (χ0v) is 9.48. The van der Waals surface area contributed by atoms with Crippen LogP contribution in [0.1, 0.15) is 13.3 Å². The molecule has 1 aromatic heterocycles. The number of thioether (sulfide) groups is 1. The van der Waals surface area contributed by atoms with Crippen molar-refractivity contribution in [1.82, 2.24) is 10.2 Å². The molecular formula is C9H12ClN3S. The summed E-state index contributed by atoms with van der Waals surface area (Å²) in [5, 5.41) is 12.3. The quantitative estimate of drug-likeness (QED) is 0.846.